The number of hydrogen-bond acceptors (Lipinski definition) is 6. The average Bonchev–Trinajstić information content (AvgIpc) is 2.98. The predicted molar refractivity (Wildman–Crippen MR) is 83.4 cm³/mol. The lowest BCUT2D eigenvalue weighted by Gasteiger charge is -2.55. The highest BCUT2D eigenvalue weighted by Gasteiger charge is 2.62. The molecule has 116 valence electrons. The van der Waals surface area contributed by atoms with Crippen LogP contribution in [0.2, 0.25) is 0 Å². The third kappa shape index (κ3) is 2.59. The van der Waals surface area contributed by atoms with Gasteiger partial charge in [0.05, 0.1) is 12.4 Å². The van der Waals surface area contributed by atoms with E-state index >= 15 is 0 Å². The number of aryl methyl sites for hydroxylation is 1. The van der Waals surface area contributed by atoms with Gasteiger partial charge in [0.25, 0.3) is 0 Å². The highest BCUT2D eigenvalue weighted by molar-refractivity contribution is 8.01. The number of nitrogens with zero attached hydrogens (tertiary/aromatic N) is 3. The Balaban J connectivity index is 1.59. The van der Waals surface area contributed by atoms with E-state index < -0.39 is 0 Å². The van der Waals surface area contributed by atoms with E-state index in [1.807, 2.05) is 11.8 Å². The van der Waals surface area contributed by atoms with Gasteiger partial charge in [-0.3, -0.25) is 4.79 Å². The van der Waals surface area contributed by atoms with Crippen LogP contribution >= 0.6 is 23.1 Å². The first-order chi connectivity index (χ1) is 9.86. The molecule has 1 saturated heterocycles. The van der Waals surface area contributed by atoms with Crippen LogP contribution in [0.15, 0.2) is 4.34 Å². The molecule has 2 fully saturated rings. The molecule has 1 saturated carbocycles. The number of thioether (sulfide) groups is 1. The maximum absolute atomic E-state index is 12.4. The zero-order valence-electron chi connectivity index (χ0n) is 12.6. The summed E-state index contributed by atoms with van der Waals surface area (Å²) in [5, 5.41) is 18.6. The molecule has 2 heterocycles. The van der Waals surface area contributed by atoms with Crippen LogP contribution in [-0.2, 0) is 4.79 Å². The zero-order chi connectivity index (χ0) is 15.3. The van der Waals surface area contributed by atoms with Crippen LogP contribution in [0, 0.1) is 23.7 Å². The summed E-state index contributed by atoms with van der Waals surface area (Å²) in [5.41, 5.74) is 0.185. The summed E-state index contributed by atoms with van der Waals surface area (Å²) >= 11 is 2.98. The fraction of sp³-hybridized carbons (Fsp3) is 0.786. The molecule has 0 spiro atoms. The second-order valence-electron chi connectivity index (χ2n) is 6.89. The molecular formula is C14H21N3O2S2. The SMILES string of the molecule is Cc1nnc(SCC(=O)N2C[C@@H]3C(C)(C)C[C@]3(CO)C2)s1. The van der Waals surface area contributed by atoms with Crippen molar-refractivity contribution in [2.45, 2.75) is 31.5 Å². The van der Waals surface area contributed by atoms with Crippen LogP contribution in [0.1, 0.15) is 25.3 Å². The minimum Gasteiger partial charge on any atom is -0.396 e. The zero-order valence-corrected chi connectivity index (χ0v) is 14.3. The summed E-state index contributed by atoms with van der Waals surface area (Å²) in [4.78, 5) is 14.3. The lowest BCUT2D eigenvalue weighted by molar-refractivity contribution is -0.127. The molecule has 1 aromatic rings. The molecular weight excluding hydrogens is 306 g/mol. The Kier molecular flexibility index (Phi) is 3.78. The van der Waals surface area contributed by atoms with Crippen LogP contribution in [0.5, 0.6) is 0 Å². The first kappa shape index (κ1) is 15.2. The number of hydrogen-bond donors (Lipinski definition) is 1. The fourth-order valence-electron chi connectivity index (χ4n) is 4.08. The van der Waals surface area contributed by atoms with E-state index in [0.717, 1.165) is 22.3 Å². The van der Waals surface area contributed by atoms with Gasteiger partial charge in [-0.05, 0) is 24.7 Å². The van der Waals surface area contributed by atoms with Crippen molar-refractivity contribution in [3.63, 3.8) is 0 Å². The molecule has 1 N–H and O–H groups in total. The Morgan fingerprint density at radius 2 is 2.29 bits per heavy atom. The Labute approximate surface area is 133 Å². The second kappa shape index (κ2) is 5.21. The van der Waals surface area contributed by atoms with Crippen molar-refractivity contribution in [1.29, 1.82) is 0 Å². The van der Waals surface area contributed by atoms with Gasteiger partial charge < -0.3 is 10.0 Å². The molecule has 2 atom stereocenters. The normalized spacial score (nSPS) is 30.1. The second-order valence-corrected chi connectivity index (χ2v) is 9.29. The topological polar surface area (TPSA) is 66.3 Å². The molecule has 1 aliphatic carbocycles. The van der Waals surface area contributed by atoms with Gasteiger partial charge >= 0.3 is 0 Å². The van der Waals surface area contributed by atoms with E-state index in [1.54, 1.807) is 0 Å². The summed E-state index contributed by atoms with van der Waals surface area (Å²) < 4.78 is 0.847. The number of carbonyl (C=O) groups excluding carboxylic acids is 1. The molecule has 1 aliphatic heterocycles. The van der Waals surface area contributed by atoms with Gasteiger partial charge in [0.15, 0.2) is 4.34 Å². The van der Waals surface area contributed by atoms with Gasteiger partial charge in [-0.1, -0.05) is 36.9 Å². The number of likely N-dealkylation sites (tertiary alicyclic amines) is 1. The number of aliphatic hydroxyl groups excluding tert-OH is 1. The molecule has 0 aromatic carbocycles. The third-order valence-electron chi connectivity index (χ3n) is 4.89. The summed E-state index contributed by atoms with van der Waals surface area (Å²) in [6, 6.07) is 0. The van der Waals surface area contributed by atoms with E-state index in [2.05, 4.69) is 24.0 Å². The molecule has 1 aromatic heterocycles. The minimum absolute atomic E-state index is 0.0524. The van der Waals surface area contributed by atoms with Crippen molar-refractivity contribution in [3.05, 3.63) is 5.01 Å². The predicted octanol–water partition coefficient (Wildman–Crippen LogP) is 1.81. The molecule has 1 amide bonds. The van der Waals surface area contributed by atoms with Crippen LogP contribution < -0.4 is 0 Å². The molecule has 0 bridgehead atoms. The van der Waals surface area contributed by atoms with E-state index in [-0.39, 0.29) is 23.3 Å². The Bertz CT molecular complexity index is 560. The Morgan fingerprint density at radius 1 is 1.52 bits per heavy atom. The summed E-state index contributed by atoms with van der Waals surface area (Å²) in [6.07, 6.45) is 1.01. The molecule has 21 heavy (non-hydrogen) atoms. The first-order valence-electron chi connectivity index (χ1n) is 7.18. The summed E-state index contributed by atoms with van der Waals surface area (Å²) in [7, 11) is 0. The number of amides is 1. The Morgan fingerprint density at radius 3 is 2.81 bits per heavy atom. The van der Waals surface area contributed by atoms with Crippen LogP contribution in [0.3, 0.4) is 0 Å². The van der Waals surface area contributed by atoms with Crippen molar-refractivity contribution >= 4 is 29.0 Å². The van der Waals surface area contributed by atoms with Crippen molar-refractivity contribution < 1.29 is 9.90 Å². The number of carbonyl (C=O) groups is 1. The fourth-order valence-corrected chi connectivity index (χ4v) is 5.80. The number of rotatable bonds is 4. The highest BCUT2D eigenvalue weighted by atomic mass is 32.2. The van der Waals surface area contributed by atoms with Crippen LogP contribution in [-0.4, -0.2) is 51.6 Å². The first-order valence-corrected chi connectivity index (χ1v) is 8.98. The molecule has 3 rings (SSSR count). The maximum Gasteiger partial charge on any atom is 0.233 e. The Hall–Kier alpha value is -0.660. The smallest absolute Gasteiger partial charge is 0.233 e. The minimum atomic E-state index is -0.0524. The van der Waals surface area contributed by atoms with E-state index in [1.165, 1.54) is 23.1 Å². The standard InChI is InChI=1S/C14H21N3O2S2/c1-9-15-16-12(21-9)20-5-11(19)17-4-10-13(2,3)6-14(10,7-17)8-18/h10,18H,4-8H2,1-3H3/t10-,14-/m1/s1. The molecule has 7 heteroatoms. The number of aromatic nitrogens is 2. The van der Waals surface area contributed by atoms with Gasteiger partial charge in [-0.15, -0.1) is 10.2 Å². The summed E-state index contributed by atoms with van der Waals surface area (Å²) in [6.45, 7) is 8.05. The average molecular weight is 327 g/mol. The van der Waals surface area contributed by atoms with E-state index in [4.69, 9.17) is 0 Å². The van der Waals surface area contributed by atoms with Crippen molar-refractivity contribution in [3.8, 4) is 0 Å². The lowest BCUT2D eigenvalue weighted by atomic mass is 9.48. The number of aliphatic hydroxyl groups is 1. The third-order valence-corrected chi connectivity index (χ3v) is 6.85. The van der Waals surface area contributed by atoms with Crippen molar-refractivity contribution in [1.82, 2.24) is 15.1 Å². The molecule has 0 radical (unpaired) electrons. The maximum atomic E-state index is 12.4. The van der Waals surface area contributed by atoms with Crippen molar-refractivity contribution in [2.75, 3.05) is 25.4 Å². The lowest BCUT2D eigenvalue weighted by Crippen LogP contribution is -2.54. The molecule has 0 unspecified atom stereocenters. The van der Waals surface area contributed by atoms with Crippen molar-refractivity contribution in [2.24, 2.45) is 16.7 Å². The van der Waals surface area contributed by atoms with Crippen LogP contribution in [0.25, 0.3) is 0 Å². The quantitative estimate of drug-likeness (QED) is 0.854. The van der Waals surface area contributed by atoms with Gasteiger partial charge in [-0.2, -0.15) is 0 Å². The van der Waals surface area contributed by atoms with Gasteiger partial charge in [0.1, 0.15) is 5.01 Å². The highest BCUT2D eigenvalue weighted by Crippen LogP contribution is 2.62. The molecule has 5 nitrogen and oxygen atoms in total. The van der Waals surface area contributed by atoms with E-state index in [0.29, 0.717) is 18.2 Å². The van der Waals surface area contributed by atoms with Gasteiger partial charge in [-0.25, -0.2) is 0 Å². The summed E-state index contributed by atoms with van der Waals surface area (Å²) in [5.74, 6) is 0.974. The molecule has 2 aliphatic rings. The van der Waals surface area contributed by atoms with Crippen LogP contribution in [0.4, 0.5) is 0 Å². The monoisotopic (exact) mass is 327 g/mol. The van der Waals surface area contributed by atoms with Gasteiger partial charge in [0.2, 0.25) is 5.91 Å². The number of fused-ring (bicyclic) bond motifs is 1. The largest absolute Gasteiger partial charge is 0.396 e. The van der Waals surface area contributed by atoms with Gasteiger partial charge in [0, 0.05) is 18.5 Å². The van der Waals surface area contributed by atoms with E-state index in [9.17, 15) is 9.90 Å².